The van der Waals surface area contributed by atoms with Crippen molar-refractivity contribution in [3.63, 3.8) is 0 Å². The van der Waals surface area contributed by atoms with E-state index in [1.54, 1.807) is 6.07 Å². The van der Waals surface area contributed by atoms with E-state index in [4.69, 9.17) is 4.74 Å². The zero-order valence-corrected chi connectivity index (χ0v) is 14.1. The van der Waals surface area contributed by atoms with Crippen LogP contribution in [0.5, 0.6) is 11.5 Å². The Hall–Kier alpha value is -0.910. The van der Waals surface area contributed by atoms with Gasteiger partial charge in [-0.2, -0.15) is 0 Å². The fraction of sp³-hybridized carbons (Fsp3) is 0.200. The molecule has 0 unspecified atom stereocenters. The minimum Gasteiger partial charge on any atom is -0.456 e. The largest absolute Gasteiger partial charge is 0.456 e. The van der Waals surface area contributed by atoms with Gasteiger partial charge >= 0.3 is 0 Å². The smallest absolute Gasteiger partial charge is 0.141 e. The number of ether oxygens (including phenoxy) is 1. The summed E-state index contributed by atoms with van der Waals surface area (Å²) in [5.74, 6) is 0.772. The molecular formula is C15H14Br2FNO. The van der Waals surface area contributed by atoms with Crippen LogP contribution in [0.1, 0.15) is 12.5 Å². The highest BCUT2D eigenvalue weighted by Gasteiger charge is 2.06. The van der Waals surface area contributed by atoms with Crippen molar-refractivity contribution in [3.8, 4) is 11.5 Å². The maximum absolute atomic E-state index is 13.3. The van der Waals surface area contributed by atoms with E-state index in [0.29, 0.717) is 16.0 Å². The summed E-state index contributed by atoms with van der Waals surface area (Å²) in [6, 6.07) is 10.3. The predicted octanol–water partition coefficient (Wildman–Crippen LogP) is 5.25. The number of rotatable bonds is 5. The third-order valence-corrected chi connectivity index (χ3v) is 3.72. The van der Waals surface area contributed by atoms with Crippen LogP contribution >= 0.6 is 31.9 Å². The molecule has 0 saturated carbocycles. The molecule has 2 rings (SSSR count). The summed E-state index contributed by atoms with van der Waals surface area (Å²) >= 11 is 6.72. The molecule has 2 aromatic carbocycles. The van der Waals surface area contributed by atoms with E-state index in [9.17, 15) is 4.39 Å². The molecule has 1 N–H and O–H groups in total. The van der Waals surface area contributed by atoms with E-state index in [-0.39, 0.29) is 5.82 Å². The summed E-state index contributed by atoms with van der Waals surface area (Å²) < 4.78 is 20.5. The first kappa shape index (κ1) is 15.5. The van der Waals surface area contributed by atoms with Crippen LogP contribution < -0.4 is 10.1 Å². The molecule has 0 amide bonds. The summed E-state index contributed by atoms with van der Waals surface area (Å²) in [6.07, 6.45) is 0. The molecule has 0 bridgehead atoms. The first-order valence-corrected chi connectivity index (χ1v) is 7.80. The van der Waals surface area contributed by atoms with Crippen molar-refractivity contribution >= 4 is 31.9 Å². The molecular weight excluding hydrogens is 389 g/mol. The second-order valence-corrected chi connectivity index (χ2v) is 6.02. The van der Waals surface area contributed by atoms with Gasteiger partial charge in [0.25, 0.3) is 0 Å². The summed E-state index contributed by atoms with van der Waals surface area (Å²) in [6.45, 7) is 3.79. The molecule has 0 saturated heterocycles. The molecule has 2 nitrogen and oxygen atoms in total. The molecule has 0 fully saturated rings. The summed E-state index contributed by atoms with van der Waals surface area (Å²) in [7, 11) is 0. The maximum atomic E-state index is 13.3. The van der Waals surface area contributed by atoms with Crippen LogP contribution in [0.25, 0.3) is 0 Å². The minimum absolute atomic E-state index is 0.339. The first-order chi connectivity index (χ1) is 9.58. The molecule has 0 aliphatic rings. The predicted molar refractivity (Wildman–Crippen MR) is 85.7 cm³/mol. The number of nitrogens with one attached hydrogen (secondary N) is 1. The Morgan fingerprint density at radius 3 is 2.60 bits per heavy atom. The highest BCUT2D eigenvalue weighted by molar-refractivity contribution is 9.10. The maximum Gasteiger partial charge on any atom is 0.141 e. The SMILES string of the molecule is CCNCc1ccc(Oc2cc(F)cc(Br)c2)c(Br)c1. The van der Waals surface area contributed by atoms with Gasteiger partial charge in [0, 0.05) is 17.1 Å². The molecule has 0 radical (unpaired) electrons. The van der Waals surface area contributed by atoms with Crippen LogP contribution in [0.2, 0.25) is 0 Å². The van der Waals surface area contributed by atoms with Gasteiger partial charge in [-0.15, -0.1) is 0 Å². The topological polar surface area (TPSA) is 21.3 Å². The van der Waals surface area contributed by atoms with Crippen molar-refractivity contribution in [2.45, 2.75) is 13.5 Å². The van der Waals surface area contributed by atoms with Crippen molar-refractivity contribution in [1.29, 1.82) is 0 Å². The Morgan fingerprint density at radius 2 is 1.95 bits per heavy atom. The van der Waals surface area contributed by atoms with Gasteiger partial charge in [-0.1, -0.05) is 28.9 Å². The van der Waals surface area contributed by atoms with Gasteiger partial charge in [-0.25, -0.2) is 4.39 Å². The van der Waals surface area contributed by atoms with Gasteiger partial charge in [-0.05, 0) is 52.3 Å². The summed E-state index contributed by atoms with van der Waals surface area (Å²) in [4.78, 5) is 0. The lowest BCUT2D eigenvalue weighted by molar-refractivity contribution is 0.473. The number of benzene rings is 2. The lowest BCUT2D eigenvalue weighted by Gasteiger charge is -2.10. The van der Waals surface area contributed by atoms with Gasteiger partial charge in [0.1, 0.15) is 17.3 Å². The van der Waals surface area contributed by atoms with Crippen LogP contribution in [-0.2, 0) is 6.54 Å². The minimum atomic E-state index is -0.339. The fourth-order valence-electron chi connectivity index (χ4n) is 1.72. The fourth-order valence-corrected chi connectivity index (χ4v) is 2.67. The third-order valence-electron chi connectivity index (χ3n) is 2.64. The highest BCUT2D eigenvalue weighted by Crippen LogP contribution is 2.32. The molecule has 0 aliphatic carbocycles. The Bertz CT molecular complexity index is 584. The van der Waals surface area contributed by atoms with Crippen LogP contribution in [-0.4, -0.2) is 6.54 Å². The number of halogens is 3. The zero-order valence-electron chi connectivity index (χ0n) is 10.9. The lowest BCUT2D eigenvalue weighted by atomic mass is 10.2. The number of hydrogen-bond acceptors (Lipinski definition) is 2. The normalized spacial score (nSPS) is 10.6. The summed E-state index contributed by atoms with van der Waals surface area (Å²) in [5.41, 5.74) is 1.16. The van der Waals surface area contributed by atoms with Crippen LogP contribution in [0, 0.1) is 5.82 Å². The Labute approximate surface area is 134 Å². The number of hydrogen-bond donors (Lipinski definition) is 1. The van der Waals surface area contributed by atoms with Crippen molar-refractivity contribution in [2.24, 2.45) is 0 Å². The Kier molecular flexibility index (Phi) is 5.57. The molecule has 0 atom stereocenters. The van der Waals surface area contributed by atoms with Gasteiger partial charge in [0.15, 0.2) is 0 Å². The van der Waals surface area contributed by atoms with E-state index >= 15 is 0 Å². The highest BCUT2D eigenvalue weighted by atomic mass is 79.9. The van der Waals surface area contributed by atoms with Gasteiger partial charge in [-0.3, -0.25) is 0 Å². The molecule has 0 aliphatic heterocycles. The molecule has 20 heavy (non-hydrogen) atoms. The third kappa shape index (κ3) is 4.30. The van der Waals surface area contributed by atoms with Gasteiger partial charge in [0.2, 0.25) is 0 Å². The quantitative estimate of drug-likeness (QED) is 0.737. The van der Waals surface area contributed by atoms with Crippen molar-refractivity contribution in [3.05, 3.63) is 56.7 Å². The van der Waals surface area contributed by atoms with Crippen LogP contribution in [0.3, 0.4) is 0 Å². The van der Waals surface area contributed by atoms with E-state index in [1.807, 2.05) is 18.2 Å². The standard InChI is InChI=1S/C15H14Br2FNO/c1-2-19-9-10-3-4-15(14(17)5-10)20-13-7-11(16)6-12(18)8-13/h3-8,19H,2,9H2,1H3. The van der Waals surface area contributed by atoms with Crippen LogP contribution in [0.15, 0.2) is 45.3 Å². The van der Waals surface area contributed by atoms with Crippen molar-refractivity contribution in [2.75, 3.05) is 6.54 Å². The second-order valence-electron chi connectivity index (χ2n) is 4.25. The molecule has 0 spiro atoms. The lowest BCUT2D eigenvalue weighted by Crippen LogP contribution is -2.11. The molecule has 0 heterocycles. The Balaban J connectivity index is 2.16. The van der Waals surface area contributed by atoms with E-state index in [1.165, 1.54) is 12.1 Å². The second kappa shape index (κ2) is 7.20. The van der Waals surface area contributed by atoms with E-state index < -0.39 is 0 Å². The van der Waals surface area contributed by atoms with Crippen molar-refractivity contribution in [1.82, 2.24) is 5.32 Å². The average Bonchev–Trinajstić information content (AvgIpc) is 2.38. The molecule has 106 valence electrons. The van der Waals surface area contributed by atoms with Gasteiger partial charge in [0.05, 0.1) is 4.47 Å². The van der Waals surface area contributed by atoms with Gasteiger partial charge < -0.3 is 10.1 Å². The monoisotopic (exact) mass is 401 g/mol. The molecule has 2 aromatic rings. The van der Waals surface area contributed by atoms with E-state index in [2.05, 4.69) is 44.1 Å². The van der Waals surface area contributed by atoms with Crippen LogP contribution in [0.4, 0.5) is 4.39 Å². The van der Waals surface area contributed by atoms with E-state index in [0.717, 1.165) is 23.1 Å². The Morgan fingerprint density at radius 1 is 1.15 bits per heavy atom. The molecule has 5 heteroatoms. The average molecular weight is 403 g/mol. The van der Waals surface area contributed by atoms with Crippen molar-refractivity contribution < 1.29 is 9.13 Å². The molecule has 0 aromatic heterocycles. The zero-order chi connectivity index (χ0) is 14.5. The first-order valence-electron chi connectivity index (χ1n) is 6.21. The summed E-state index contributed by atoms with van der Waals surface area (Å²) in [5, 5.41) is 3.26.